The van der Waals surface area contributed by atoms with Crippen LogP contribution in [-0.4, -0.2) is 71.9 Å². The smallest absolute Gasteiger partial charge is 0.333 e. The van der Waals surface area contributed by atoms with Crippen LogP contribution < -0.4 is 5.14 Å². The lowest BCUT2D eigenvalue weighted by Gasteiger charge is -2.30. The third-order valence-electron chi connectivity index (χ3n) is 5.98. The van der Waals surface area contributed by atoms with Crippen molar-refractivity contribution in [2.45, 2.75) is 51.1 Å². The number of hydrazone groups is 1. The van der Waals surface area contributed by atoms with Gasteiger partial charge in [0.1, 0.15) is 11.9 Å². The van der Waals surface area contributed by atoms with E-state index in [4.69, 9.17) is 20.2 Å². The first-order valence-electron chi connectivity index (χ1n) is 10.2. The second-order valence-electron chi connectivity index (χ2n) is 8.31. The van der Waals surface area contributed by atoms with Gasteiger partial charge in [-0.1, -0.05) is 37.3 Å². The maximum atomic E-state index is 11.1. The summed E-state index contributed by atoms with van der Waals surface area (Å²) < 4.78 is 26.7. The maximum Gasteiger partial charge on any atom is 0.333 e. The van der Waals surface area contributed by atoms with E-state index >= 15 is 0 Å². The van der Waals surface area contributed by atoms with Crippen LogP contribution in [0.5, 0.6) is 0 Å². The molecule has 0 spiro atoms. The van der Waals surface area contributed by atoms with Crippen LogP contribution in [0, 0.1) is 11.8 Å². The molecule has 168 valence electrons. The van der Waals surface area contributed by atoms with E-state index in [-0.39, 0.29) is 25.1 Å². The molecule has 0 aromatic heterocycles. The Bertz CT molecular complexity index is 1030. The van der Waals surface area contributed by atoms with E-state index in [1.165, 1.54) is 0 Å². The average Bonchev–Trinajstić information content (AvgIpc) is 3.18. The van der Waals surface area contributed by atoms with Gasteiger partial charge in [-0.3, -0.25) is 14.2 Å². The third-order valence-corrected chi connectivity index (χ3v) is 6.44. The summed E-state index contributed by atoms with van der Waals surface area (Å²) in [6, 6.07) is 9.28. The first-order valence-corrected chi connectivity index (χ1v) is 11.7. The van der Waals surface area contributed by atoms with Crippen molar-refractivity contribution in [1.29, 1.82) is 0 Å². The highest BCUT2D eigenvalue weighted by molar-refractivity contribution is 7.84. The highest BCUT2D eigenvalue weighted by atomic mass is 32.2. The Kier molecular flexibility index (Phi) is 5.97. The Morgan fingerprint density at radius 2 is 1.97 bits per heavy atom. The normalized spacial score (nSPS) is 34.6. The molecular weight excluding hydrogens is 422 g/mol. The number of rotatable bonds is 5. The molecule has 10 nitrogen and oxygen atoms in total. The molecule has 4 N–H and O–H groups in total. The number of benzene rings is 1. The zero-order valence-electron chi connectivity index (χ0n) is 17.4. The summed E-state index contributed by atoms with van der Waals surface area (Å²) in [6.45, 7) is 3.70. The van der Waals surface area contributed by atoms with Crippen LogP contribution in [0.1, 0.15) is 32.3 Å². The Morgan fingerprint density at radius 1 is 1.26 bits per heavy atom. The fourth-order valence-electron chi connectivity index (χ4n) is 4.38. The second-order valence-corrected chi connectivity index (χ2v) is 9.53. The van der Waals surface area contributed by atoms with Gasteiger partial charge in [-0.2, -0.15) is 13.5 Å². The number of nitrogens with zero attached hydrogens (tertiary/aromatic N) is 4. The van der Waals surface area contributed by atoms with Gasteiger partial charge >= 0.3 is 10.3 Å². The molecule has 0 radical (unpaired) electrons. The molecule has 1 saturated carbocycles. The number of hydrogen-bond donors (Lipinski definition) is 3. The molecule has 0 bridgehead atoms. The molecule has 0 amide bonds. The summed E-state index contributed by atoms with van der Waals surface area (Å²) in [6.07, 6.45) is -1.77. The standard InChI is InChI=1S/C20H27N5O5S/c1-11-8-16(23-15-9-14(18(26)19(15)27)10-30-31(21,28)29)25-20(22-11)12(2)17(24-25)13-6-4-3-5-7-13/h3-7,12,14-15,18-20,26-27H,8-10H2,1-2H3,(H2,21,28,29). The van der Waals surface area contributed by atoms with Crippen molar-refractivity contribution < 1.29 is 22.8 Å². The quantitative estimate of drug-likeness (QED) is 0.587. The van der Waals surface area contributed by atoms with E-state index in [0.29, 0.717) is 12.3 Å². The Labute approximate surface area is 181 Å². The predicted molar refractivity (Wildman–Crippen MR) is 116 cm³/mol. The molecule has 1 aromatic carbocycles. The van der Waals surface area contributed by atoms with E-state index in [2.05, 4.69) is 11.1 Å². The molecule has 6 unspecified atom stereocenters. The number of aliphatic imine (C=N–C) groups is 2. The van der Waals surface area contributed by atoms with Crippen molar-refractivity contribution in [2.24, 2.45) is 32.1 Å². The minimum atomic E-state index is -4.13. The second kappa shape index (κ2) is 8.40. The van der Waals surface area contributed by atoms with Crippen LogP contribution in [0.4, 0.5) is 0 Å². The number of amidine groups is 1. The minimum absolute atomic E-state index is 0.0536. The van der Waals surface area contributed by atoms with Crippen molar-refractivity contribution in [1.82, 2.24) is 5.01 Å². The fourth-order valence-corrected chi connectivity index (χ4v) is 4.74. The number of aliphatic hydroxyl groups is 2. The summed E-state index contributed by atoms with van der Waals surface area (Å²) in [7, 11) is -4.13. The Balaban J connectivity index is 1.58. The van der Waals surface area contributed by atoms with E-state index in [0.717, 1.165) is 17.0 Å². The van der Waals surface area contributed by atoms with Crippen LogP contribution in [-0.2, 0) is 14.5 Å². The number of aliphatic hydroxyl groups excluding tert-OH is 2. The molecule has 2 aliphatic heterocycles. The highest BCUT2D eigenvalue weighted by Crippen LogP contribution is 2.34. The van der Waals surface area contributed by atoms with E-state index in [1.54, 1.807) is 5.01 Å². The third kappa shape index (κ3) is 4.55. The number of fused-ring (bicyclic) bond motifs is 1. The van der Waals surface area contributed by atoms with Crippen LogP contribution in [0.3, 0.4) is 0 Å². The fraction of sp³-hybridized carbons (Fsp3) is 0.550. The van der Waals surface area contributed by atoms with Gasteiger partial charge in [0.05, 0.1) is 24.5 Å². The van der Waals surface area contributed by atoms with E-state index in [1.807, 2.05) is 37.3 Å². The van der Waals surface area contributed by atoms with Gasteiger partial charge in [0, 0.05) is 24.0 Å². The average molecular weight is 450 g/mol. The van der Waals surface area contributed by atoms with Crippen LogP contribution in [0.15, 0.2) is 45.4 Å². The van der Waals surface area contributed by atoms with Gasteiger partial charge in [0.15, 0.2) is 6.17 Å². The van der Waals surface area contributed by atoms with Gasteiger partial charge in [-0.15, -0.1) is 0 Å². The van der Waals surface area contributed by atoms with Crippen LogP contribution in [0.25, 0.3) is 0 Å². The van der Waals surface area contributed by atoms with Crippen molar-refractivity contribution in [3.8, 4) is 0 Å². The molecular formula is C20H27N5O5S. The lowest BCUT2D eigenvalue weighted by atomic mass is 9.96. The maximum absolute atomic E-state index is 11.1. The zero-order valence-corrected chi connectivity index (χ0v) is 18.2. The van der Waals surface area contributed by atoms with Crippen LogP contribution >= 0.6 is 0 Å². The first-order chi connectivity index (χ1) is 14.6. The lowest BCUT2D eigenvalue weighted by Crippen LogP contribution is -2.41. The molecule has 0 saturated heterocycles. The Hall–Kier alpha value is -2.18. The van der Waals surface area contributed by atoms with Crippen molar-refractivity contribution >= 4 is 27.6 Å². The summed E-state index contributed by atoms with van der Waals surface area (Å²) in [5, 5.41) is 32.3. The zero-order chi connectivity index (χ0) is 22.3. The van der Waals surface area contributed by atoms with Gasteiger partial charge in [-0.25, -0.2) is 10.1 Å². The molecule has 2 heterocycles. The summed E-state index contributed by atoms with van der Waals surface area (Å²) in [5.41, 5.74) is 2.86. The molecule has 3 aliphatic rings. The topological polar surface area (TPSA) is 150 Å². The number of nitrogens with two attached hydrogens (primary N) is 1. The van der Waals surface area contributed by atoms with Crippen molar-refractivity contribution in [3.63, 3.8) is 0 Å². The van der Waals surface area contributed by atoms with Gasteiger partial charge in [0.25, 0.3) is 0 Å². The first kappa shape index (κ1) is 22.0. The predicted octanol–water partition coefficient (Wildman–Crippen LogP) is 0.262. The van der Waals surface area contributed by atoms with Crippen molar-refractivity contribution in [2.75, 3.05) is 6.61 Å². The lowest BCUT2D eigenvalue weighted by molar-refractivity contribution is 0.00629. The van der Waals surface area contributed by atoms with Crippen LogP contribution in [0.2, 0.25) is 0 Å². The summed E-state index contributed by atoms with van der Waals surface area (Å²) in [4.78, 5) is 9.49. The summed E-state index contributed by atoms with van der Waals surface area (Å²) in [5.74, 6) is 0.120. The SMILES string of the molecule is CC1=NC2C(C)C(c3ccccc3)=NN2C(=NC2CC(COS(N)(=O)=O)C(O)C2O)C1. The molecule has 6 atom stereocenters. The molecule has 1 aromatic rings. The molecule has 1 fully saturated rings. The van der Waals surface area contributed by atoms with Gasteiger partial charge < -0.3 is 10.2 Å². The minimum Gasteiger partial charge on any atom is -0.390 e. The Morgan fingerprint density at radius 3 is 2.65 bits per heavy atom. The van der Waals surface area contributed by atoms with Gasteiger partial charge in [-0.05, 0) is 18.9 Å². The molecule has 1 aliphatic carbocycles. The highest BCUT2D eigenvalue weighted by Gasteiger charge is 2.44. The monoisotopic (exact) mass is 449 g/mol. The van der Waals surface area contributed by atoms with E-state index < -0.39 is 34.5 Å². The van der Waals surface area contributed by atoms with E-state index in [9.17, 15) is 18.6 Å². The molecule has 11 heteroatoms. The van der Waals surface area contributed by atoms with Gasteiger partial charge in [0.2, 0.25) is 0 Å². The summed E-state index contributed by atoms with van der Waals surface area (Å²) >= 11 is 0. The molecule has 31 heavy (non-hydrogen) atoms. The number of hydrogen-bond acceptors (Lipinski definition) is 8. The van der Waals surface area contributed by atoms with Crippen molar-refractivity contribution in [3.05, 3.63) is 35.9 Å². The molecule has 4 rings (SSSR count). The largest absolute Gasteiger partial charge is 0.390 e.